The van der Waals surface area contributed by atoms with Crippen LogP contribution in [0.2, 0.25) is 0 Å². The van der Waals surface area contributed by atoms with Crippen LogP contribution < -0.4 is 5.32 Å². The standard InChI is InChI=1S/C17H18N2O4S/c1-11-3-4-13(9-15(11)19(22)23)17(21)18-10-16(20)12-5-7-14(24-2)8-6-12/h3-9,16,20H,10H2,1-2H3,(H,18,21). The van der Waals surface area contributed by atoms with E-state index in [-0.39, 0.29) is 17.8 Å². The number of aliphatic hydroxyl groups excluding tert-OH is 1. The van der Waals surface area contributed by atoms with Crippen molar-refractivity contribution in [3.8, 4) is 0 Å². The minimum absolute atomic E-state index is 0.0269. The molecule has 2 aromatic carbocycles. The molecule has 0 bridgehead atoms. The van der Waals surface area contributed by atoms with Gasteiger partial charge >= 0.3 is 0 Å². The van der Waals surface area contributed by atoms with E-state index in [1.54, 1.807) is 30.8 Å². The number of nitro groups is 1. The predicted octanol–water partition coefficient (Wildman–Crippen LogP) is 3.09. The molecule has 0 aliphatic rings. The number of hydrogen-bond donors (Lipinski definition) is 2. The molecule has 0 aliphatic heterocycles. The molecule has 1 atom stereocenters. The molecule has 1 unspecified atom stereocenters. The molecular weight excluding hydrogens is 328 g/mol. The van der Waals surface area contributed by atoms with Crippen molar-refractivity contribution in [2.75, 3.05) is 12.8 Å². The van der Waals surface area contributed by atoms with Crippen molar-refractivity contribution < 1.29 is 14.8 Å². The third-order valence-corrected chi connectivity index (χ3v) is 4.37. The van der Waals surface area contributed by atoms with E-state index in [0.29, 0.717) is 11.1 Å². The molecule has 0 radical (unpaired) electrons. The Morgan fingerprint density at radius 3 is 2.54 bits per heavy atom. The molecule has 1 amide bonds. The Hall–Kier alpha value is -2.38. The van der Waals surface area contributed by atoms with Crippen molar-refractivity contribution in [2.45, 2.75) is 17.9 Å². The van der Waals surface area contributed by atoms with Gasteiger partial charge in [0, 0.05) is 28.6 Å². The molecule has 2 aromatic rings. The average Bonchev–Trinajstić information content (AvgIpc) is 2.59. The molecule has 0 aromatic heterocycles. The second kappa shape index (κ2) is 7.94. The van der Waals surface area contributed by atoms with Gasteiger partial charge in [-0.2, -0.15) is 0 Å². The zero-order valence-electron chi connectivity index (χ0n) is 13.4. The minimum Gasteiger partial charge on any atom is -0.387 e. The molecule has 6 nitrogen and oxygen atoms in total. The maximum atomic E-state index is 12.1. The van der Waals surface area contributed by atoms with Gasteiger partial charge in [0.25, 0.3) is 11.6 Å². The van der Waals surface area contributed by atoms with Crippen molar-refractivity contribution in [1.29, 1.82) is 0 Å². The van der Waals surface area contributed by atoms with Crippen molar-refractivity contribution in [3.63, 3.8) is 0 Å². The number of amides is 1. The predicted molar refractivity (Wildman–Crippen MR) is 93.3 cm³/mol. The van der Waals surface area contributed by atoms with Gasteiger partial charge in [-0.1, -0.05) is 18.2 Å². The number of carbonyl (C=O) groups excluding carboxylic acids is 1. The summed E-state index contributed by atoms with van der Waals surface area (Å²) < 4.78 is 0. The number of benzene rings is 2. The third-order valence-electron chi connectivity index (χ3n) is 3.62. The topological polar surface area (TPSA) is 92.5 Å². The van der Waals surface area contributed by atoms with E-state index in [2.05, 4.69) is 5.32 Å². The molecule has 24 heavy (non-hydrogen) atoms. The Bertz CT molecular complexity index is 747. The highest BCUT2D eigenvalue weighted by Crippen LogP contribution is 2.20. The first kappa shape index (κ1) is 18.0. The lowest BCUT2D eigenvalue weighted by Crippen LogP contribution is -2.28. The van der Waals surface area contributed by atoms with Crippen molar-refractivity contribution in [1.82, 2.24) is 5.32 Å². The van der Waals surface area contributed by atoms with Crippen LogP contribution >= 0.6 is 11.8 Å². The maximum Gasteiger partial charge on any atom is 0.273 e. The Kier molecular flexibility index (Phi) is 5.94. The monoisotopic (exact) mass is 346 g/mol. The van der Waals surface area contributed by atoms with Crippen LogP contribution in [0.5, 0.6) is 0 Å². The molecular formula is C17H18N2O4S. The van der Waals surface area contributed by atoms with Crippen LogP contribution in [-0.2, 0) is 0 Å². The van der Waals surface area contributed by atoms with Crippen LogP contribution in [-0.4, -0.2) is 28.7 Å². The highest BCUT2D eigenvalue weighted by molar-refractivity contribution is 7.98. The second-order valence-electron chi connectivity index (χ2n) is 5.26. The van der Waals surface area contributed by atoms with E-state index in [0.717, 1.165) is 4.90 Å². The summed E-state index contributed by atoms with van der Waals surface area (Å²) in [5, 5.41) is 23.7. The van der Waals surface area contributed by atoms with E-state index in [1.165, 1.54) is 18.2 Å². The van der Waals surface area contributed by atoms with E-state index in [1.807, 2.05) is 18.4 Å². The Labute approximate surface area is 144 Å². The number of carbonyl (C=O) groups is 1. The van der Waals surface area contributed by atoms with Crippen LogP contribution in [0.4, 0.5) is 5.69 Å². The molecule has 0 fully saturated rings. The molecule has 2 rings (SSSR count). The first-order valence-corrected chi connectivity index (χ1v) is 8.50. The third kappa shape index (κ3) is 4.33. The molecule has 0 heterocycles. The summed E-state index contributed by atoms with van der Waals surface area (Å²) in [6, 6.07) is 11.7. The van der Waals surface area contributed by atoms with Gasteiger partial charge < -0.3 is 10.4 Å². The number of aryl methyl sites for hydroxylation is 1. The van der Waals surface area contributed by atoms with Gasteiger partial charge in [0.05, 0.1) is 11.0 Å². The lowest BCUT2D eigenvalue weighted by Gasteiger charge is -2.13. The lowest BCUT2D eigenvalue weighted by atomic mass is 10.1. The Morgan fingerprint density at radius 2 is 1.96 bits per heavy atom. The van der Waals surface area contributed by atoms with Gasteiger partial charge in [0.15, 0.2) is 0 Å². The maximum absolute atomic E-state index is 12.1. The number of nitrogens with zero attached hydrogens (tertiary/aromatic N) is 1. The van der Waals surface area contributed by atoms with Crippen LogP contribution in [0.15, 0.2) is 47.4 Å². The molecule has 0 saturated heterocycles. The Morgan fingerprint density at radius 1 is 1.29 bits per heavy atom. The second-order valence-corrected chi connectivity index (χ2v) is 6.14. The fourth-order valence-corrected chi connectivity index (χ4v) is 2.59. The fraction of sp³-hybridized carbons (Fsp3) is 0.235. The summed E-state index contributed by atoms with van der Waals surface area (Å²) in [6.45, 7) is 1.64. The normalized spacial score (nSPS) is 11.8. The van der Waals surface area contributed by atoms with Crippen molar-refractivity contribution >= 4 is 23.4 Å². The largest absolute Gasteiger partial charge is 0.387 e. The van der Waals surface area contributed by atoms with Crippen LogP contribution in [0.3, 0.4) is 0 Å². The zero-order valence-corrected chi connectivity index (χ0v) is 14.2. The summed E-state index contributed by atoms with van der Waals surface area (Å²) in [4.78, 5) is 23.6. The summed E-state index contributed by atoms with van der Waals surface area (Å²) >= 11 is 1.60. The minimum atomic E-state index is -0.842. The highest BCUT2D eigenvalue weighted by atomic mass is 32.2. The van der Waals surface area contributed by atoms with E-state index in [9.17, 15) is 20.0 Å². The molecule has 2 N–H and O–H groups in total. The quantitative estimate of drug-likeness (QED) is 0.476. The number of nitrogens with one attached hydrogen (secondary N) is 1. The van der Waals surface area contributed by atoms with Gasteiger partial charge in [0.2, 0.25) is 0 Å². The number of rotatable bonds is 6. The SMILES string of the molecule is CSc1ccc(C(O)CNC(=O)c2ccc(C)c([N+](=O)[O-])c2)cc1. The molecule has 126 valence electrons. The van der Waals surface area contributed by atoms with Gasteiger partial charge in [-0.15, -0.1) is 11.8 Å². The van der Waals surface area contributed by atoms with E-state index >= 15 is 0 Å². The van der Waals surface area contributed by atoms with Crippen molar-refractivity contribution in [2.24, 2.45) is 0 Å². The van der Waals surface area contributed by atoms with Crippen LogP contribution in [0.25, 0.3) is 0 Å². The van der Waals surface area contributed by atoms with E-state index < -0.39 is 16.9 Å². The molecule has 7 heteroatoms. The van der Waals surface area contributed by atoms with Crippen molar-refractivity contribution in [3.05, 3.63) is 69.3 Å². The summed E-state index contributed by atoms with van der Waals surface area (Å²) in [5.41, 5.74) is 1.28. The summed E-state index contributed by atoms with van der Waals surface area (Å²) in [5.74, 6) is -0.460. The molecule has 0 saturated carbocycles. The molecule has 0 spiro atoms. The van der Waals surface area contributed by atoms with Gasteiger partial charge in [-0.3, -0.25) is 14.9 Å². The molecule has 0 aliphatic carbocycles. The fourth-order valence-electron chi connectivity index (χ4n) is 2.18. The van der Waals surface area contributed by atoms with E-state index in [4.69, 9.17) is 0 Å². The van der Waals surface area contributed by atoms with Gasteiger partial charge in [-0.25, -0.2) is 0 Å². The number of hydrogen-bond acceptors (Lipinski definition) is 5. The zero-order chi connectivity index (χ0) is 17.7. The van der Waals surface area contributed by atoms with Crippen LogP contribution in [0, 0.1) is 17.0 Å². The number of aliphatic hydroxyl groups is 1. The van der Waals surface area contributed by atoms with Crippen LogP contribution in [0.1, 0.15) is 27.6 Å². The summed E-state index contributed by atoms with van der Waals surface area (Å²) in [7, 11) is 0. The number of thioether (sulfide) groups is 1. The number of nitro benzene ring substituents is 1. The summed E-state index contributed by atoms with van der Waals surface area (Å²) in [6.07, 6.45) is 1.12. The smallest absolute Gasteiger partial charge is 0.273 e. The average molecular weight is 346 g/mol. The highest BCUT2D eigenvalue weighted by Gasteiger charge is 2.16. The first-order valence-electron chi connectivity index (χ1n) is 7.27. The lowest BCUT2D eigenvalue weighted by molar-refractivity contribution is -0.385. The Balaban J connectivity index is 2.01. The van der Waals surface area contributed by atoms with Gasteiger partial charge in [0.1, 0.15) is 0 Å². The first-order chi connectivity index (χ1) is 11.4. The van der Waals surface area contributed by atoms with Gasteiger partial charge in [-0.05, 0) is 36.9 Å².